The van der Waals surface area contributed by atoms with Gasteiger partial charge in [0.05, 0.1) is 11.9 Å². The number of carbonyl (C=O) groups excluding carboxylic acids is 1. The Hall–Kier alpha value is -1.10. The van der Waals surface area contributed by atoms with Crippen LogP contribution in [0.4, 0.5) is 5.69 Å². The van der Waals surface area contributed by atoms with Crippen LogP contribution in [0.25, 0.3) is 0 Å². The molecule has 0 N–H and O–H groups in total. The third-order valence-corrected chi connectivity index (χ3v) is 4.44. The lowest BCUT2D eigenvalue weighted by atomic mass is 10.0. The molecule has 1 aromatic rings. The van der Waals surface area contributed by atoms with Crippen LogP contribution in [0.1, 0.15) is 25.7 Å². The Balaban J connectivity index is 1.72. The molecule has 1 atom stereocenters. The largest absolute Gasteiger partial charge is 0.368 e. The van der Waals surface area contributed by atoms with Gasteiger partial charge in [-0.1, -0.05) is 0 Å². The van der Waals surface area contributed by atoms with E-state index in [4.69, 9.17) is 0 Å². The zero-order valence-electron chi connectivity index (χ0n) is 10.9. The summed E-state index contributed by atoms with van der Waals surface area (Å²) >= 11 is 3.47. The summed E-state index contributed by atoms with van der Waals surface area (Å²) in [6.07, 6.45) is 7.72. The first-order chi connectivity index (χ1) is 9.24. The molecule has 0 aromatic carbocycles. The molecule has 1 aromatic heterocycles. The quantitative estimate of drug-likeness (QED) is 0.838. The lowest BCUT2D eigenvalue weighted by Crippen LogP contribution is -2.48. The molecular weight excluding hydrogens is 306 g/mol. The molecule has 19 heavy (non-hydrogen) atoms. The Labute approximate surface area is 121 Å². The summed E-state index contributed by atoms with van der Waals surface area (Å²) in [6, 6.07) is 2.48. The van der Waals surface area contributed by atoms with E-state index in [-0.39, 0.29) is 0 Å². The zero-order chi connectivity index (χ0) is 13.2. The van der Waals surface area contributed by atoms with E-state index in [1.54, 1.807) is 6.20 Å². The highest BCUT2D eigenvalue weighted by Crippen LogP contribution is 2.26. The summed E-state index contributed by atoms with van der Waals surface area (Å²) in [5.74, 6) is 0.333. The first-order valence-corrected chi connectivity index (χ1v) is 7.68. The third-order valence-electron chi connectivity index (χ3n) is 4.00. The van der Waals surface area contributed by atoms with Crippen LogP contribution in [-0.4, -0.2) is 41.5 Å². The molecule has 0 radical (unpaired) electrons. The molecule has 2 saturated heterocycles. The van der Waals surface area contributed by atoms with Gasteiger partial charge in [0.25, 0.3) is 0 Å². The fourth-order valence-electron chi connectivity index (χ4n) is 3.07. The van der Waals surface area contributed by atoms with Crippen LogP contribution < -0.4 is 4.90 Å². The molecule has 2 aliphatic heterocycles. The average Bonchev–Trinajstić information content (AvgIpc) is 2.85. The van der Waals surface area contributed by atoms with E-state index in [1.807, 2.05) is 6.20 Å². The molecule has 3 heterocycles. The van der Waals surface area contributed by atoms with Crippen molar-refractivity contribution >= 4 is 27.5 Å². The minimum atomic E-state index is 0.333. The Morgan fingerprint density at radius 2 is 2.16 bits per heavy atom. The number of aromatic nitrogens is 1. The second-order valence-electron chi connectivity index (χ2n) is 5.29. The smallest absolute Gasteiger partial charge is 0.222 e. The standard InChI is InChI=1S/C14H18BrN3O/c15-11-7-13(9-16-8-11)17-5-1-3-12(10-17)18-6-2-4-14(18)19/h7-9,12H,1-6,10H2. The van der Waals surface area contributed by atoms with E-state index in [0.717, 1.165) is 55.5 Å². The van der Waals surface area contributed by atoms with Gasteiger partial charge in [-0.05, 0) is 41.3 Å². The van der Waals surface area contributed by atoms with Crippen molar-refractivity contribution in [1.29, 1.82) is 0 Å². The fraction of sp³-hybridized carbons (Fsp3) is 0.571. The monoisotopic (exact) mass is 323 g/mol. The molecule has 4 nitrogen and oxygen atoms in total. The Kier molecular flexibility index (Phi) is 3.73. The van der Waals surface area contributed by atoms with Crippen molar-refractivity contribution in [1.82, 2.24) is 9.88 Å². The van der Waals surface area contributed by atoms with Crippen LogP contribution >= 0.6 is 15.9 Å². The number of amides is 1. The molecule has 102 valence electrons. The maximum absolute atomic E-state index is 11.9. The van der Waals surface area contributed by atoms with Crippen LogP contribution in [-0.2, 0) is 4.79 Å². The molecule has 0 aliphatic carbocycles. The van der Waals surface area contributed by atoms with Gasteiger partial charge in [-0.3, -0.25) is 9.78 Å². The molecule has 3 rings (SSSR count). The lowest BCUT2D eigenvalue weighted by molar-refractivity contribution is -0.129. The highest BCUT2D eigenvalue weighted by atomic mass is 79.9. The van der Waals surface area contributed by atoms with E-state index in [9.17, 15) is 4.79 Å². The van der Waals surface area contributed by atoms with Crippen LogP contribution in [0, 0.1) is 0 Å². The molecule has 2 fully saturated rings. The van der Waals surface area contributed by atoms with Crippen molar-refractivity contribution in [3.05, 3.63) is 22.9 Å². The maximum atomic E-state index is 11.9. The van der Waals surface area contributed by atoms with Crippen LogP contribution in [0.5, 0.6) is 0 Å². The number of rotatable bonds is 2. The molecule has 0 spiro atoms. The summed E-state index contributed by atoms with van der Waals surface area (Å²) < 4.78 is 1.00. The number of likely N-dealkylation sites (tertiary alicyclic amines) is 1. The summed E-state index contributed by atoms with van der Waals surface area (Å²) in [6.45, 7) is 2.93. The van der Waals surface area contributed by atoms with Gasteiger partial charge in [0.15, 0.2) is 0 Å². The Morgan fingerprint density at radius 1 is 1.26 bits per heavy atom. The van der Waals surface area contributed by atoms with Crippen molar-refractivity contribution < 1.29 is 4.79 Å². The highest BCUT2D eigenvalue weighted by molar-refractivity contribution is 9.10. The van der Waals surface area contributed by atoms with Gasteiger partial charge in [0.2, 0.25) is 5.91 Å². The van der Waals surface area contributed by atoms with E-state index < -0.39 is 0 Å². The second kappa shape index (κ2) is 5.49. The van der Waals surface area contributed by atoms with Gasteiger partial charge in [-0.2, -0.15) is 0 Å². The third kappa shape index (κ3) is 2.76. The number of piperidine rings is 1. The van der Waals surface area contributed by atoms with Gasteiger partial charge in [-0.25, -0.2) is 0 Å². The number of anilines is 1. The number of nitrogens with zero attached hydrogens (tertiary/aromatic N) is 3. The fourth-order valence-corrected chi connectivity index (χ4v) is 3.43. The average molecular weight is 324 g/mol. The van der Waals surface area contributed by atoms with E-state index >= 15 is 0 Å². The number of pyridine rings is 1. The SMILES string of the molecule is O=C1CCCN1C1CCCN(c2cncc(Br)c2)C1. The van der Waals surface area contributed by atoms with Crippen molar-refractivity contribution in [3.8, 4) is 0 Å². The predicted molar refractivity (Wildman–Crippen MR) is 78.1 cm³/mol. The number of hydrogen-bond donors (Lipinski definition) is 0. The lowest BCUT2D eigenvalue weighted by Gasteiger charge is -2.38. The normalized spacial score (nSPS) is 24.1. The number of carbonyl (C=O) groups is 1. The van der Waals surface area contributed by atoms with Gasteiger partial charge < -0.3 is 9.80 Å². The molecule has 2 aliphatic rings. The Morgan fingerprint density at radius 3 is 2.89 bits per heavy atom. The first kappa shape index (κ1) is 12.9. The summed E-state index contributed by atoms with van der Waals surface area (Å²) in [5.41, 5.74) is 1.14. The van der Waals surface area contributed by atoms with E-state index in [2.05, 4.69) is 36.8 Å². The second-order valence-corrected chi connectivity index (χ2v) is 6.21. The minimum absolute atomic E-state index is 0.333. The molecular formula is C14H18BrN3O. The summed E-state index contributed by atoms with van der Waals surface area (Å²) in [5, 5.41) is 0. The van der Waals surface area contributed by atoms with Gasteiger partial charge in [0.1, 0.15) is 0 Å². The molecule has 5 heteroatoms. The van der Waals surface area contributed by atoms with Crippen molar-refractivity contribution in [3.63, 3.8) is 0 Å². The van der Waals surface area contributed by atoms with Gasteiger partial charge >= 0.3 is 0 Å². The molecule has 0 saturated carbocycles. The maximum Gasteiger partial charge on any atom is 0.222 e. The van der Waals surface area contributed by atoms with Gasteiger partial charge in [0, 0.05) is 42.8 Å². The van der Waals surface area contributed by atoms with Crippen LogP contribution in [0.3, 0.4) is 0 Å². The molecule has 1 unspecified atom stereocenters. The molecule has 1 amide bonds. The minimum Gasteiger partial charge on any atom is -0.368 e. The highest BCUT2D eigenvalue weighted by Gasteiger charge is 2.31. The first-order valence-electron chi connectivity index (χ1n) is 6.89. The number of halogens is 1. The van der Waals surface area contributed by atoms with E-state index in [1.165, 1.54) is 0 Å². The van der Waals surface area contributed by atoms with Crippen LogP contribution in [0.15, 0.2) is 22.9 Å². The van der Waals surface area contributed by atoms with Crippen LogP contribution in [0.2, 0.25) is 0 Å². The van der Waals surface area contributed by atoms with E-state index in [0.29, 0.717) is 11.9 Å². The summed E-state index contributed by atoms with van der Waals surface area (Å²) in [4.78, 5) is 20.5. The Bertz CT molecular complexity index is 480. The summed E-state index contributed by atoms with van der Waals surface area (Å²) in [7, 11) is 0. The zero-order valence-corrected chi connectivity index (χ0v) is 12.5. The van der Waals surface area contributed by atoms with Crippen molar-refractivity contribution in [2.75, 3.05) is 24.5 Å². The van der Waals surface area contributed by atoms with Crippen molar-refractivity contribution in [2.24, 2.45) is 0 Å². The van der Waals surface area contributed by atoms with Gasteiger partial charge in [-0.15, -0.1) is 0 Å². The van der Waals surface area contributed by atoms with Crippen molar-refractivity contribution in [2.45, 2.75) is 31.7 Å². The predicted octanol–water partition coefficient (Wildman–Crippen LogP) is 2.44. The molecule has 0 bridgehead atoms. The number of hydrogen-bond acceptors (Lipinski definition) is 3. The topological polar surface area (TPSA) is 36.4 Å².